The molecule has 0 spiro atoms. The number of ether oxygens (including phenoxy) is 1. The number of aliphatic imine (C=N–C) groups is 1. The van der Waals surface area contributed by atoms with Crippen molar-refractivity contribution in [2.75, 3.05) is 13.7 Å². The highest BCUT2D eigenvalue weighted by atomic mass is 32.2. The van der Waals surface area contributed by atoms with E-state index < -0.39 is 18.4 Å². The first kappa shape index (κ1) is 18.7. The third-order valence-corrected chi connectivity index (χ3v) is 4.64. The lowest BCUT2D eigenvalue weighted by Gasteiger charge is -2.07. The highest BCUT2D eigenvalue weighted by Crippen LogP contribution is 2.33. The summed E-state index contributed by atoms with van der Waals surface area (Å²) >= 11 is 1.13. The summed E-state index contributed by atoms with van der Waals surface area (Å²) in [6.07, 6.45) is 1.64. The highest BCUT2D eigenvalue weighted by Gasteiger charge is 2.30. The van der Waals surface area contributed by atoms with Crippen LogP contribution in [0.2, 0.25) is 0 Å². The molecule has 0 aliphatic carbocycles. The van der Waals surface area contributed by atoms with Gasteiger partial charge in [0.1, 0.15) is 23.9 Å². The van der Waals surface area contributed by atoms with E-state index in [1.165, 1.54) is 17.0 Å². The van der Waals surface area contributed by atoms with E-state index in [1.807, 2.05) is 0 Å². The minimum atomic E-state index is -1.32. The quantitative estimate of drug-likeness (QED) is 0.737. The van der Waals surface area contributed by atoms with E-state index in [4.69, 9.17) is 4.74 Å². The van der Waals surface area contributed by atoms with E-state index in [1.54, 1.807) is 49.5 Å². The zero-order chi connectivity index (χ0) is 19.4. The molecular weight excluding hydrogens is 371 g/mol. The number of rotatable bonds is 5. The number of benzene rings is 2. The fraction of sp³-hybridized carbons (Fsp3) is 0.105. The van der Waals surface area contributed by atoms with Crippen molar-refractivity contribution in [3.05, 3.63) is 64.8 Å². The molecule has 0 N–H and O–H groups in total. The van der Waals surface area contributed by atoms with Gasteiger partial charge in [-0.2, -0.15) is 0 Å². The number of halogens is 1. The topological polar surface area (TPSA) is 82.0 Å². The minimum absolute atomic E-state index is 0.151. The Labute approximate surface area is 159 Å². The van der Waals surface area contributed by atoms with Gasteiger partial charge < -0.3 is 14.6 Å². The Morgan fingerprint density at radius 2 is 2.07 bits per heavy atom. The number of nitrogens with zero attached hydrogens (tertiary/aromatic N) is 2. The summed E-state index contributed by atoms with van der Waals surface area (Å²) in [4.78, 5) is 28.9. The molecule has 0 bridgehead atoms. The number of hydrogen-bond donors (Lipinski definition) is 0. The van der Waals surface area contributed by atoms with Crippen molar-refractivity contribution in [3.8, 4) is 5.75 Å². The van der Waals surface area contributed by atoms with Crippen LogP contribution in [0.5, 0.6) is 5.75 Å². The second-order valence-corrected chi connectivity index (χ2v) is 6.56. The summed E-state index contributed by atoms with van der Waals surface area (Å²) in [6.45, 7) is -0.560. The maximum atomic E-state index is 13.8. The molecule has 1 fully saturated rings. The van der Waals surface area contributed by atoms with E-state index in [0.29, 0.717) is 21.4 Å². The molecule has 6 nitrogen and oxygen atoms in total. The average Bonchev–Trinajstić information content (AvgIpc) is 2.90. The standard InChI is InChI=1S/C19H15FN2O4S/c1-22-18(25)16(27-19(22)21-15-8-3-2-7-14(15)20)10-12-5-4-6-13(9-12)26-11-17(23)24/h2-10H,11H2,1H3,(H,23,24)/p-1/b16-10+,21-19?. The molecule has 1 amide bonds. The Bertz CT molecular complexity index is 958. The van der Waals surface area contributed by atoms with Crippen LogP contribution in [0.25, 0.3) is 6.08 Å². The summed E-state index contributed by atoms with van der Waals surface area (Å²) in [5.74, 6) is -1.72. The summed E-state index contributed by atoms with van der Waals surface area (Å²) < 4.78 is 18.9. The van der Waals surface area contributed by atoms with E-state index >= 15 is 0 Å². The zero-order valence-electron chi connectivity index (χ0n) is 14.2. The van der Waals surface area contributed by atoms with Crippen LogP contribution >= 0.6 is 11.8 Å². The van der Waals surface area contributed by atoms with Gasteiger partial charge in [-0.15, -0.1) is 0 Å². The van der Waals surface area contributed by atoms with Gasteiger partial charge in [-0.3, -0.25) is 9.69 Å². The van der Waals surface area contributed by atoms with Gasteiger partial charge >= 0.3 is 0 Å². The van der Waals surface area contributed by atoms with Gasteiger partial charge in [0.2, 0.25) is 0 Å². The predicted molar refractivity (Wildman–Crippen MR) is 98.8 cm³/mol. The monoisotopic (exact) mass is 385 g/mol. The molecule has 2 aromatic rings. The van der Waals surface area contributed by atoms with Gasteiger partial charge in [0, 0.05) is 7.05 Å². The molecule has 1 aliphatic heterocycles. The van der Waals surface area contributed by atoms with Crippen LogP contribution < -0.4 is 9.84 Å². The summed E-state index contributed by atoms with van der Waals surface area (Å²) in [6, 6.07) is 12.7. The SMILES string of the molecule is CN1C(=O)/C(=C\c2cccc(OCC(=O)[O-])c2)SC1=Nc1ccccc1F. The number of thioether (sulfide) groups is 1. The number of carboxylic acid groups (broad SMARTS) is 1. The molecule has 0 radical (unpaired) electrons. The second kappa shape index (κ2) is 8.05. The van der Waals surface area contributed by atoms with E-state index in [9.17, 15) is 19.1 Å². The molecule has 0 unspecified atom stereocenters. The van der Waals surface area contributed by atoms with Gasteiger partial charge in [-0.05, 0) is 47.7 Å². The Morgan fingerprint density at radius 1 is 1.30 bits per heavy atom. The molecular formula is C19H14FN2O4S-. The molecule has 1 aliphatic rings. The first-order valence-electron chi connectivity index (χ1n) is 7.87. The summed E-state index contributed by atoms with van der Waals surface area (Å²) in [7, 11) is 1.56. The van der Waals surface area contributed by atoms with Gasteiger partial charge in [0.15, 0.2) is 5.17 Å². The molecule has 138 valence electrons. The number of carbonyl (C=O) groups is 2. The fourth-order valence-corrected chi connectivity index (χ4v) is 3.26. The van der Waals surface area contributed by atoms with Crippen LogP contribution in [0.3, 0.4) is 0 Å². The van der Waals surface area contributed by atoms with Crippen LogP contribution in [0.4, 0.5) is 10.1 Å². The number of para-hydroxylation sites is 1. The molecule has 0 saturated carbocycles. The minimum Gasteiger partial charge on any atom is -0.546 e. The zero-order valence-corrected chi connectivity index (χ0v) is 15.0. The third kappa shape index (κ3) is 4.53. The van der Waals surface area contributed by atoms with E-state index in [0.717, 1.165) is 11.8 Å². The summed E-state index contributed by atoms with van der Waals surface area (Å²) in [5, 5.41) is 10.8. The molecule has 1 saturated heterocycles. The van der Waals surface area contributed by atoms with Crippen molar-refractivity contribution in [1.29, 1.82) is 0 Å². The Balaban J connectivity index is 1.83. The van der Waals surface area contributed by atoms with Crippen LogP contribution in [0, 0.1) is 5.82 Å². The number of carbonyl (C=O) groups excluding carboxylic acids is 2. The maximum absolute atomic E-state index is 13.8. The lowest BCUT2D eigenvalue weighted by Crippen LogP contribution is -2.28. The van der Waals surface area contributed by atoms with E-state index in [2.05, 4.69) is 4.99 Å². The van der Waals surface area contributed by atoms with Crippen LogP contribution in [0.1, 0.15) is 5.56 Å². The number of aliphatic carboxylic acids is 1. The number of carboxylic acids is 1. The number of likely N-dealkylation sites (N-methyl/N-ethyl adjacent to an activating group) is 1. The first-order valence-corrected chi connectivity index (χ1v) is 8.69. The van der Waals surface area contributed by atoms with Crippen molar-refractivity contribution < 1.29 is 23.8 Å². The maximum Gasteiger partial charge on any atom is 0.266 e. The lowest BCUT2D eigenvalue weighted by molar-refractivity contribution is -0.307. The molecule has 1 heterocycles. The van der Waals surface area contributed by atoms with Crippen molar-refractivity contribution in [2.24, 2.45) is 4.99 Å². The molecule has 2 aromatic carbocycles. The average molecular weight is 385 g/mol. The van der Waals surface area contributed by atoms with Gasteiger partial charge in [-0.1, -0.05) is 24.3 Å². The van der Waals surface area contributed by atoms with Crippen molar-refractivity contribution in [2.45, 2.75) is 0 Å². The van der Waals surface area contributed by atoms with Gasteiger partial charge in [0.05, 0.1) is 10.9 Å². The number of hydrogen-bond acceptors (Lipinski definition) is 6. The lowest BCUT2D eigenvalue weighted by atomic mass is 10.2. The normalized spacial score (nSPS) is 17.0. The van der Waals surface area contributed by atoms with Gasteiger partial charge in [-0.25, -0.2) is 9.38 Å². The Morgan fingerprint density at radius 3 is 2.81 bits per heavy atom. The van der Waals surface area contributed by atoms with Crippen molar-refractivity contribution in [3.63, 3.8) is 0 Å². The molecule has 8 heteroatoms. The fourth-order valence-electron chi connectivity index (χ4n) is 2.28. The molecule has 0 atom stereocenters. The predicted octanol–water partition coefficient (Wildman–Crippen LogP) is 2.19. The molecule has 3 rings (SSSR count). The molecule has 0 aromatic heterocycles. The number of amides is 1. The van der Waals surface area contributed by atoms with Crippen LogP contribution in [-0.2, 0) is 9.59 Å². The first-order chi connectivity index (χ1) is 12.9. The Hall–Kier alpha value is -3.13. The van der Waals surface area contributed by atoms with Crippen LogP contribution in [-0.4, -0.2) is 35.6 Å². The largest absolute Gasteiger partial charge is 0.546 e. The van der Waals surface area contributed by atoms with E-state index in [-0.39, 0.29) is 11.6 Å². The number of amidine groups is 1. The van der Waals surface area contributed by atoms with Gasteiger partial charge in [0.25, 0.3) is 5.91 Å². The van der Waals surface area contributed by atoms with Crippen molar-refractivity contribution >= 4 is 40.6 Å². The highest BCUT2D eigenvalue weighted by molar-refractivity contribution is 8.18. The smallest absolute Gasteiger partial charge is 0.266 e. The molecule has 27 heavy (non-hydrogen) atoms. The third-order valence-electron chi connectivity index (χ3n) is 3.58. The summed E-state index contributed by atoms with van der Waals surface area (Å²) in [5.41, 5.74) is 0.806. The Kier molecular flexibility index (Phi) is 5.56. The van der Waals surface area contributed by atoms with Crippen molar-refractivity contribution in [1.82, 2.24) is 4.90 Å². The van der Waals surface area contributed by atoms with Crippen LogP contribution in [0.15, 0.2) is 58.4 Å². The second-order valence-electron chi connectivity index (χ2n) is 5.55.